The fourth-order valence-corrected chi connectivity index (χ4v) is 4.47. The Hall–Kier alpha value is -1.19. The minimum atomic E-state index is 0.562. The summed E-state index contributed by atoms with van der Waals surface area (Å²) in [4.78, 5) is 0.966. The minimum Gasteiger partial charge on any atom is -0.419 e. The van der Waals surface area contributed by atoms with E-state index in [0.29, 0.717) is 23.5 Å². The quantitative estimate of drug-likeness (QED) is 0.561. The molecule has 120 valence electrons. The third-order valence-electron chi connectivity index (χ3n) is 3.58. The normalized spacial score (nSPS) is 14.5. The predicted molar refractivity (Wildman–Crippen MR) is 92.5 cm³/mol. The van der Waals surface area contributed by atoms with Crippen LogP contribution in [-0.2, 0) is 12.3 Å². The first kappa shape index (κ1) is 15.3. The van der Waals surface area contributed by atoms with Gasteiger partial charge in [0.1, 0.15) is 5.82 Å². The molecule has 3 heterocycles. The van der Waals surface area contributed by atoms with Crippen molar-refractivity contribution in [1.82, 2.24) is 25.0 Å². The van der Waals surface area contributed by atoms with Crippen molar-refractivity contribution in [3.8, 4) is 10.8 Å². The van der Waals surface area contributed by atoms with Crippen LogP contribution in [0.15, 0.2) is 25.5 Å². The van der Waals surface area contributed by atoms with Gasteiger partial charge in [-0.1, -0.05) is 11.8 Å². The van der Waals surface area contributed by atoms with Gasteiger partial charge in [-0.15, -0.1) is 31.7 Å². The van der Waals surface area contributed by atoms with Gasteiger partial charge in [0.2, 0.25) is 5.89 Å². The summed E-state index contributed by atoms with van der Waals surface area (Å²) < 4.78 is 8.97. The molecule has 1 saturated carbocycles. The number of nitrogens with zero attached hydrogens (tertiary/aromatic N) is 5. The van der Waals surface area contributed by atoms with Crippen LogP contribution < -0.4 is 0 Å². The fourth-order valence-electron chi connectivity index (χ4n) is 2.31. The van der Waals surface area contributed by atoms with Gasteiger partial charge in [-0.05, 0) is 47.8 Å². The molecule has 0 N–H and O–H groups in total. The Labute approximate surface area is 149 Å². The van der Waals surface area contributed by atoms with E-state index in [9.17, 15) is 0 Å². The molecule has 0 atom stereocenters. The van der Waals surface area contributed by atoms with Crippen LogP contribution in [0.4, 0.5) is 0 Å². The largest absolute Gasteiger partial charge is 0.419 e. The standard InChI is InChI=1S/C14H14BrN5OS2/c1-2-20-12(8-3-4-8)17-19-14(20)22-7-11-16-18-13(21-11)9-5-6-10(15)23-9/h5-6,8H,2-4,7H2,1H3. The number of rotatable bonds is 6. The highest BCUT2D eigenvalue weighted by atomic mass is 79.9. The average molecular weight is 412 g/mol. The third-order valence-corrected chi connectivity index (χ3v) is 6.14. The summed E-state index contributed by atoms with van der Waals surface area (Å²) in [7, 11) is 0. The SMILES string of the molecule is CCn1c(SCc2nnc(-c3ccc(Br)s3)o2)nnc1C1CC1. The minimum absolute atomic E-state index is 0.562. The van der Waals surface area contributed by atoms with Crippen LogP contribution in [-0.4, -0.2) is 25.0 Å². The van der Waals surface area contributed by atoms with Crippen molar-refractivity contribution in [2.75, 3.05) is 0 Å². The molecule has 1 aliphatic carbocycles. The Bertz CT molecular complexity index is 823. The topological polar surface area (TPSA) is 69.6 Å². The van der Waals surface area contributed by atoms with E-state index in [-0.39, 0.29) is 0 Å². The van der Waals surface area contributed by atoms with E-state index < -0.39 is 0 Å². The lowest BCUT2D eigenvalue weighted by Crippen LogP contribution is -2.02. The molecule has 6 nitrogen and oxygen atoms in total. The molecule has 4 rings (SSSR count). The molecule has 9 heteroatoms. The van der Waals surface area contributed by atoms with E-state index in [1.165, 1.54) is 12.8 Å². The van der Waals surface area contributed by atoms with E-state index in [0.717, 1.165) is 26.2 Å². The van der Waals surface area contributed by atoms with Crippen LogP contribution in [0.3, 0.4) is 0 Å². The maximum Gasteiger partial charge on any atom is 0.257 e. The Morgan fingerprint density at radius 2 is 2.17 bits per heavy atom. The number of hydrogen-bond donors (Lipinski definition) is 0. The second-order valence-corrected chi connectivity index (χ2v) is 8.66. The Morgan fingerprint density at radius 3 is 2.87 bits per heavy atom. The molecule has 0 radical (unpaired) electrons. The summed E-state index contributed by atoms with van der Waals surface area (Å²) in [5.41, 5.74) is 0. The Kier molecular flexibility index (Phi) is 4.25. The van der Waals surface area contributed by atoms with Gasteiger partial charge in [0, 0.05) is 12.5 Å². The Morgan fingerprint density at radius 1 is 1.30 bits per heavy atom. The predicted octanol–water partition coefficient (Wildman–Crippen LogP) is 4.34. The summed E-state index contributed by atoms with van der Waals surface area (Å²) >= 11 is 6.61. The molecule has 0 aliphatic heterocycles. The number of thioether (sulfide) groups is 1. The van der Waals surface area contributed by atoms with E-state index in [1.54, 1.807) is 23.1 Å². The number of hydrogen-bond acceptors (Lipinski definition) is 7. The summed E-state index contributed by atoms with van der Waals surface area (Å²) in [6.07, 6.45) is 2.46. The molecule has 0 spiro atoms. The molecule has 3 aromatic rings. The lowest BCUT2D eigenvalue weighted by molar-refractivity contribution is 0.529. The molecule has 1 aliphatic rings. The first-order valence-electron chi connectivity index (χ1n) is 7.38. The second kappa shape index (κ2) is 6.37. The van der Waals surface area contributed by atoms with Gasteiger partial charge in [-0.3, -0.25) is 0 Å². The van der Waals surface area contributed by atoms with Crippen LogP contribution in [0.5, 0.6) is 0 Å². The van der Waals surface area contributed by atoms with Crippen molar-refractivity contribution in [3.05, 3.63) is 27.6 Å². The molecular weight excluding hydrogens is 398 g/mol. The lowest BCUT2D eigenvalue weighted by Gasteiger charge is -2.04. The lowest BCUT2D eigenvalue weighted by atomic mass is 10.4. The molecule has 1 fully saturated rings. The summed E-state index contributed by atoms with van der Waals surface area (Å²) in [6.45, 7) is 3.01. The maximum absolute atomic E-state index is 5.73. The van der Waals surface area contributed by atoms with Crippen LogP contribution in [0.1, 0.15) is 37.4 Å². The first-order chi connectivity index (χ1) is 11.2. The molecule has 0 aromatic carbocycles. The van der Waals surface area contributed by atoms with Crippen molar-refractivity contribution in [2.45, 2.75) is 43.1 Å². The van der Waals surface area contributed by atoms with E-state index >= 15 is 0 Å². The second-order valence-electron chi connectivity index (χ2n) is 5.25. The zero-order chi connectivity index (χ0) is 15.8. The van der Waals surface area contributed by atoms with Crippen LogP contribution in [0, 0.1) is 0 Å². The van der Waals surface area contributed by atoms with Gasteiger partial charge in [-0.2, -0.15) is 0 Å². The van der Waals surface area contributed by atoms with Gasteiger partial charge in [0.25, 0.3) is 5.89 Å². The maximum atomic E-state index is 5.73. The van der Waals surface area contributed by atoms with E-state index in [2.05, 4.69) is 47.8 Å². The van der Waals surface area contributed by atoms with E-state index in [1.807, 2.05) is 12.1 Å². The highest BCUT2D eigenvalue weighted by molar-refractivity contribution is 9.11. The first-order valence-corrected chi connectivity index (χ1v) is 9.98. The van der Waals surface area contributed by atoms with Gasteiger partial charge in [-0.25, -0.2) is 0 Å². The number of aromatic nitrogens is 5. The van der Waals surface area contributed by atoms with Crippen molar-refractivity contribution < 1.29 is 4.42 Å². The zero-order valence-electron chi connectivity index (χ0n) is 12.4. The summed E-state index contributed by atoms with van der Waals surface area (Å²) in [5.74, 6) is 3.48. The van der Waals surface area contributed by atoms with Crippen molar-refractivity contribution in [2.24, 2.45) is 0 Å². The number of halogens is 1. The van der Waals surface area contributed by atoms with Gasteiger partial charge >= 0.3 is 0 Å². The van der Waals surface area contributed by atoms with Gasteiger partial charge in [0.15, 0.2) is 5.16 Å². The molecule has 0 bridgehead atoms. The number of thiophene rings is 1. The van der Waals surface area contributed by atoms with Crippen molar-refractivity contribution in [3.63, 3.8) is 0 Å². The average Bonchev–Trinajstić information content (AvgIpc) is 2.98. The van der Waals surface area contributed by atoms with E-state index in [4.69, 9.17) is 4.42 Å². The van der Waals surface area contributed by atoms with Crippen LogP contribution >= 0.6 is 39.0 Å². The fraction of sp³-hybridized carbons (Fsp3) is 0.429. The molecule has 0 amide bonds. The highest BCUT2D eigenvalue weighted by Crippen LogP contribution is 2.40. The highest BCUT2D eigenvalue weighted by Gasteiger charge is 2.30. The molecule has 0 unspecified atom stereocenters. The van der Waals surface area contributed by atoms with Crippen molar-refractivity contribution in [1.29, 1.82) is 0 Å². The molecule has 23 heavy (non-hydrogen) atoms. The summed E-state index contributed by atoms with van der Waals surface area (Å²) in [6, 6.07) is 3.94. The molecule has 0 saturated heterocycles. The van der Waals surface area contributed by atoms with Gasteiger partial charge in [0.05, 0.1) is 14.4 Å². The monoisotopic (exact) mass is 411 g/mol. The van der Waals surface area contributed by atoms with Crippen molar-refractivity contribution >= 4 is 39.0 Å². The molecule has 3 aromatic heterocycles. The van der Waals surface area contributed by atoms with Gasteiger partial charge < -0.3 is 8.98 Å². The van der Waals surface area contributed by atoms with Crippen LogP contribution in [0.25, 0.3) is 10.8 Å². The Balaban J connectivity index is 1.46. The van der Waals surface area contributed by atoms with Crippen LogP contribution in [0.2, 0.25) is 0 Å². The summed E-state index contributed by atoms with van der Waals surface area (Å²) in [5, 5.41) is 17.8. The third kappa shape index (κ3) is 3.22. The molecular formula is C14H14BrN5OS2. The zero-order valence-corrected chi connectivity index (χ0v) is 15.6. The smallest absolute Gasteiger partial charge is 0.257 e.